The van der Waals surface area contributed by atoms with Crippen molar-refractivity contribution in [3.8, 4) is 22.8 Å². The maximum absolute atomic E-state index is 6.26. The Kier molecular flexibility index (Phi) is 4.90. The zero-order chi connectivity index (χ0) is 20.4. The van der Waals surface area contributed by atoms with Crippen molar-refractivity contribution in [1.82, 2.24) is 19.7 Å². The minimum atomic E-state index is 0.476. The number of rotatable bonds is 6. The number of nitrogens with one attached hydrogen (secondary N) is 1. The predicted molar refractivity (Wildman–Crippen MR) is 113 cm³/mol. The van der Waals surface area contributed by atoms with Gasteiger partial charge in [0.1, 0.15) is 5.82 Å². The molecule has 148 valence electrons. The SMILES string of the molecule is COc1ccc(-c2nc(NCc3ccccc3)nc3nn(C)c(N)c23)cc1OC. The summed E-state index contributed by atoms with van der Waals surface area (Å²) in [7, 11) is 4.99. The van der Waals surface area contributed by atoms with Gasteiger partial charge in [0.2, 0.25) is 5.95 Å². The first kappa shape index (κ1) is 18.5. The van der Waals surface area contributed by atoms with Gasteiger partial charge in [0.05, 0.1) is 25.3 Å². The molecule has 0 radical (unpaired) electrons. The lowest BCUT2D eigenvalue weighted by Gasteiger charge is -2.11. The summed E-state index contributed by atoms with van der Waals surface area (Å²) in [5.41, 5.74) is 9.43. The molecule has 29 heavy (non-hydrogen) atoms. The van der Waals surface area contributed by atoms with Gasteiger partial charge in [0, 0.05) is 19.2 Å². The van der Waals surface area contributed by atoms with E-state index in [-0.39, 0.29) is 0 Å². The molecule has 0 aliphatic carbocycles. The monoisotopic (exact) mass is 390 g/mol. The van der Waals surface area contributed by atoms with Crippen LogP contribution in [0.2, 0.25) is 0 Å². The lowest BCUT2D eigenvalue weighted by Crippen LogP contribution is -2.05. The molecule has 0 bridgehead atoms. The van der Waals surface area contributed by atoms with Crippen LogP contribution in [0.15, 0.2) is 48.5 Å². The van der Waals surface area contributed by atoms with Crippen LogP contribution in [0.4, 0.5) is 11.8 Å². The van der Waals surface area contributed by atoms with Gasteiger partial charge in [0.25, 0.3) is 0 Å². The lowest BCUT2D eigenvalue weighted by molar-refractivity contribution is 0.355. The Morgan fingerprint density at radius 2 is 1.76 bits per heavy atom. The Morgan fingerprint density at radius 1 is 1.00 bits per heavy atom. The largest absolute Gasteiger partial charge is 0.493 e. The van der Waals surface area contributed by atoms with Gasteiger partial charge in [-0.05, 0) is 23.8 Å². The van der Waals surface area contributed by atoms with Crippen molar-refractivity contribution in [3.63, 3.8) is 0 Å². The molecule has 0 saturated carbocycles. The standard InChI is InChI=1S/C21H22N6O2/c1-27-19(22)17-18(14-9-10-15(28-2)16(11-14)29-3)24-21(25-20(17)26-27)23-12-13-7-5-4-6-8-13/h4-11H,12,22H2,1-3H3,(H,23,25,26). The number of nitrogens with two attached hydrogens (primary N) is 1. The number of anilines is 2. The van der Waals surface area contributed by atoms with Crippen LogP contribution in [-0.2, 0) is 13.6 Å². The van der Waals surface area contributed by atoms with Gasteiger partial charge < -0.3 is 20.5 Å². The molecule has 2 aromatic heterocycles. The number of aromatic nitrogens is 4. The molecule has 4 rings (SSSR count). The van der Waals surface area contributed by atoms with E-state index in [4.69, 9.17) is 20.2 Å². The fourth-order valence-electron chi connectivity index (χ4n) is 3.16. The summed E-state index contributed by atoms with van der Waals surface area (Å²) in [6.07, 6.45) is 0. The van der Waals surface area contributed by atoms with E-state index in [1.54, 1.807) is 25.9 Å². The summed E-state index contributed by atoms with van der Waals surface area (Å²) in [5.74, 6) is 2.23. The number of hydrogen-bond donors (Lipinski definition) is 2. The molecule has 0 spiro atoms. The van der Waals surface area contributed by atoms with Crippen LogP contribution in [0.1, 0.15) is 5.56 Å². The quantitative estimate of drug-likeness (QED) is 0.521. The summed E-state index contributed by atoms with van der Waals surface area (Å²) in [6, 6.07) is 15.7. The van der Waals surface area contributed by atoms with Crippen LogP contribution in [0, 0.1) is 0 Å². The van der Waals surface area contributed by atoms with E-state index in [9.17, 15) is 0 Å². The Balaban J connectivity index is 1.81. The van der Waals surface area contributed by atoms with E-state index in [1.807, 2.05) is 48.5 Å². The Hall–Kier alpha value is -3.81. The van der Waals surface area contributed by atoms with Gasteiger partial charge in [0.15, 0.2) is 17.1 Å². The molecule has 0 fully saturated rings. The van der Waals surface area contributed by atoms with Gasteiger partial charge in [-0.3, -0.25) is 4.68 Å². The van der Waals surface area contributed by atoms with Crippen molar-refractivity contribution in [2.24, 2.45) is 7.05 Å². The average molecular weight is 390 g/mol. The molecular formula is C21H22N6O2. The maximum atomic E-state index is 6.26. The van der Waals surface area contributed by atoms with Crippen molar-refractivity contribution in [3.05, 3.63) is 54.1 Å². The molecule has 8 heteroatoms. The third kappa shape index (κ3) is 3.52. The first-order valence-electron chi connectivity index (χ1n) is 9.11. The zero-order valence-electron chi connectivity index (χ0n) is 16.5. The summed E-state index contributed by atoms with van der Waals surface area (Å²) in [4.78, 5) is 9.28. The highest BCUT2D eigenvalue weighted by Crippen LogP contribution is 2.36. The van der Waals surface area contributed by atoms with Gasteiger partial charge in [-0.15, -0.1) is 0 Å². The number of methoxy groups -OCH3 is 2. The second-order valence-corrected chi connectivity index (χ2v) is 6.51. The number of nitrogen functional groups attached to an aromatic ring is 1. The number of ether oxygens (including phenoxy) is 2. The molecule has 2 aromatic carbocycles. The molecular weight excluding hydrogens is 368 g/mol. The van der Waals surface area contributed by atoms with E-state index in [0.717, 1.165) is 11.1 Å². The highest BCUT2D eigenvalue weighted by molar-refractivity contribution is 5.99. The number of hydrogen-bond acceptors (Lipinski definition) is 7. The first-order chi connectivity index (χ1) is 14.1. The normalized spacial score (nSPS) is 10.9. The summed E-state index contributed by atoms with van der Waals surface area (Å²) in [6.45, 7) is 0.597. The van der Waals surface area contributed by atoms with Crippen LogP contribution in [0.3, 0.4) is 0 Å². The highest BCUT2D eigenvalue weighted by atomic mass is 16.5. The second kappa shape index (κ2) is 7.67. The molecule has 0 aliphatic heterocycles. The van der Waals surface area contributed by atoms with Crippen LogP contribution >= 0.6 is 0 Å². The average Bonchev–Trinajstić information content (AvgIpc) is 3.05. The van der Waals surface area contributed by atoms with Crippen molar-refractivity contribution >= 4 is 22.8 Å². The molecule has 3 N–H and O–H groups in total. The summed E-state index contributed by atoms with van der Waals surface area (Å²) < 4.78 is 12.4. The van der Waals surface area contributed by atoms with Gasteiger partial charge >= 0.3 is 0 Å². The van der Waals surface area contributed by atoms with Gasteiger partial charge in [-0.25, -0.2) is 4.98 Å². The van der Waals surface area contributed by atoms with Crippen LogP contribution < -0.4 is 20.5 Å². The van der Waals surface area contributed by atoms with E-state index < -0.39 is 0 Å². The third-order valence-corrected chi connectivity index (χ3v) is 4.69. The molecule has 0 atom stereocenters. The van der Waals surface area contributed by atoms with E-state index in [2.05, 4.69) is 15.4 Å². The van der Waals surface area contributed by atoms with Crippen molar-refractivity contribution in [2.45, 2.75) is 6.54 Å². The predicted octanol–water partition coefficient (Wildman–Crippen LogP) is 3.24. The van der Waals surface area contributed by atoms with Crippen LogP contribution in [0.25, 0.3) is 22.3 Å². The van der Waals surface area contributed by atoms with Gasteiger partial charge in [-0.2, -0.15) is 10.1 Å². The second-order valence-electron chi connectivity index (χ2n) is 6.51. The highest BCUT2D eigenvalue weighted by Gasteiger charge is 2.18. The van der Waals surface area contributed by atoms with E-state index in [1.165, 1.54) is 0 Å². The number of benzene rings is 2. The Labute approximate surface area is 168 Å². The molecule has 8 nitrogen and oxygen atoms in total. The fourth-order valence-corrected chi connectivity index (χ4v) is 3.16. The van der Waals surface area contributed by atoms with Crippen molar-refractivity contribution in [2.75, 3.05) is 25.3 Å². The topological polar surface area (TPSA) is 100 Å². The molecule has 0 amide bonds. The maximum Gasteiger partial charge on any atom is 0.225 e. The van der Waals surface area contributed by atoms with Crippen molar-refractivity contribution in [1.29, 1.82) is 0 Å². The van der Waals surface area contributed by atoms with E-state index >= 15 is 0 Å². The zero-order valence-corrected chi connectivity index (χ0v) is 16.5. The van der Waals surface area contributed by atoms with Gasteiger partial charge in [-0.1, -0.05) is 30.3 Å². The Bertz CT molecular complexity index is 1160. The van der Waals surface area contributed by atoms with Crippen molar-refractivity contribution < 1.29 is 9.47 Å². The molecule has 0 aliphatic rings. The first-order valence-corrected chi connectivity index (χ1v) is 9.11. The minimum Gasteiger partial charge on any atom is -0.493 e. The lowest BCUT2D eigenvalue weighted by atomic mass is 10.1. The molecule has 0 saturated heterocycles. The molecule has 4 aromatic rings. The summed E-state index contributed by atoms with van der Waals surface area (Å²) in [5, 5.41) is 8.41. The van der Waals surface area contributed by atoms with Crippen LogP contribution in [-0.4, -0.2) is 34.0 Å². The van der Waals surface area contributed by atoms with E-state index in [0.29, 0.717) is 46.5 Å². The number of aryl methyl sites for hydroxylation is 1. The molecule has 2 heterocycles. The summed E-state index contributed by atoms with van der Waals surface area (Å²) >= 11 is 0. The number of fused-ring (bicyclic) bond motifs is 1. The number of nitrogens with zero attached hydrogens (tertiary/aromatic N) is 4. The fraction of sp³-hybridized carbons (Fsp3) is 0.190. The minimum absolute atomic E-state index is 0.476. The Morgan fingerprint density at radius 3 is 2.48 bits per heavy atom. The third-order valence-electron chi connectivity index (χ3n) is 4.69. The van der Waals surface area contributed by atoms with Crippen LogP contribution in [0.5, 0.6) is 11.5 Å². The molecule has 0 unspecified atom stereocenters. The smallest absolute Gasteiger partial charge is 0.225 e.